The van der Waals surface area contributed by atoms with Gasteiger partial charge in [0.05, 0.1) is 19.8 Å². The van der Waals surface area contributed by atoms with Crippen LogP contribution in [0, 0.1) is 0 Å². The molecule has 53 heavy (non-hydrogen) atoms. The van der Waals surface area contributed by atoms with Crippen molar-refractivity contribution in [3.8, 4) is 0 Å². The highest BCUT2D eigenvalue weighted by molar-refractivity contribution is 7.47. The molecule has 3 atom stereocenters. The van der Waals surface area contributed by atoms with Crippen molar-refractivity contribution in [2.24, 2.45) is 0 Å². The molecule has 0 aliphatic heterocycles. The number of aliphatic hydroxyl groups excluding tert-OH is 2. The van der Waals surface area contributed by atoms with Gasteiger partial charge in [0.25, 0.3) is 0 Å². The molecule has 3 unspecified atom stereocenters. The van der Waals surface area contributed by atoms with Crippen LogP contribution < -0.4 is 0 Å². The molecule has 0 bridgehead atoms. The van der Waals surface area contributed by atoms with E-state index < -0.39 is 51.8 Å². The molecule has 0 rings (SSSR count). The Hall–Kier alpha value is -2.07. The largest absolute Gasteiger partial charge is 0.472 e. The molecule has 0 aliphatic rings. The van der Waals surface area contributed by atoms with Gasteiger partial charge in [-0.15, -0.1) is 0 Å². The Labute approximate surface area is 322 Å². The molecule has 3 N–H and O–H groups in total. The third kappa shape index (κ3) is 38.0. The summed E-state index contributed by atoms with van der Waals surface area (Å²) in [5.41, 5.74) is 0. The first kappa shape index (κ1) is 50.9. The summed E-state index contributed by atoms with van der Waals surface area (Å²) in [7, 11) is -4.63. The molecule has 0 aliphatic carbocycles. The average Bonchev–Trinajstić information content (AvgIpc) is 3.14. The van der Waals surface area contributed by atoms with E-state index in [0.717, 1.165) is 57.8 Å². The van der Waals surface area contributed by atoms with Gasteiger partial charge in [0.2, 0.25) is 0 Å². The fourth-order valence-corrected chi connectivity index (χ4v) is 6.13. The summed E-state index contributed by atoms with van der Waals surface area (Å²) in [6, 6.07) is 0. The van der Waals surface area contributed by atoms with E-state index in [1.165, 1.54) is 70.6 Å². The summed E-state index contributed by atoms with van der Waals surface area (Å²) in [4.78, 5) is 34.9. The fraction of sp³-hybridized carbons (Fsp3) is 0.762. The lowest BCUT2D eigenvalue weighted by Crippen LogP contribution is -2.29. The van der Waals surface area contributed by atoms with Crippen molar-refractivity contribution in [1.82, 2.24) is 0 Å². The highest BCUT2D eigenvalue weighted by Crippen LogP contribution is 2.43. The summed E-state index contributed by atoms with van der Waals surface area (Å²) in [5, 5.41) is 18.3. The number of phosphoric acid groups is 1. The van der Waals surface area contributed by atoms with E-state index in [9.17, 15) is 24.2 Å². The molecule has 308 valence electrons. The first-order chi connectivity index (χ1) is 25.7. The number of allylic oxidation sites excluding steroid dienone is 8. The minimum absolute atomic E-state index is 0.132. The Morgan fingerprint density at radius 2 is 1.04 bits per heavy atom. The number of hydrogen-bond donors (Lipinski definition) is 3. The predicted octanol–water partition coefficient (Wildman–Crippen LogP) is 10.6. The van der Waals surface area contributed by atoms with Gasteiger partial charge in [-0.3, -0.25) is 18.6 Å². The molecule has 0 aromatic heterocycles. The Morgan fingerprint density at radius 1 is 0.585 bits per heavy atom. The normalized spacial score (nSPS) is 14.4. The molecule has 10 nitrogen and oxygen atoms in total. The predicted molar refractivity (Wildman–Crippen MR) is 214 cm³/mol. The van der Waals surface area contributed by atoms with Gasteiger partial charge < -0.3 is 24.6 Å². The van der Waals surface area contributed by atoms with E-state index in [2.05, 4.69) is 67.0 Å². The van der Waals surface area contributed by atoms with Crippen molar-refractivity contribution in [2.75, 3.05) is 26.4 Å². The summed E-state index contributed by atoms with van der Waals surface area (Å²) < 4.78 is 32.6. The second kappa shape index (κ2) is 38.2. The maximum Gasteiger partial charge on any atom is 0.472 e. The number of esters is 2. The third-order valence-corrected chi connectivity index (χ3v) is 9.45. The Morgan fingerprint density at radius 3 is 1.57 bits per heavy atom. The maximum absolute atomic E-state index is 12.6. The molecule has 0 heterocycles. The van der Waals surface area contributed by atoms with Crippen molar-refractivity contribution in [3.05, 3.63) is 48.6 Å². The fourth-order valence-electron chi connectivity index (χ4n) is 5.34. The molecule has 0 radical (unpaired) electrons. The van der Waals surface area contributed by atoms with Gasteiger partial charge in [-0.05, 0) is 51.4 Å². The highest BCUT2D eigenvalue weighted by atomic mass is 31.2. The molecule has 0 aromatic carbocycles. The lowest BCUT2D eigenvalue weighted by atomic mass is 10.0. The van der Waals surface area contributed by atoms with Crippen LogP contribution >= 0.6 is 7.82 Å². The van der Waals surface area contributed by atoms with Gasteiger partial charge in [0.1, 0.15) is 12.7 Å². The summed E-state index contributed by atoms with van der Waals surface area (Å²) in [5.74, 6) is -0.972. The molecule has 0 amide bonds. The number of ether oxygens (including phenoxy) is 2. The molecular formula is C42H75O10P. The SMILES string of the molecule is CC/C=C\C/C=C\C/C=C\C/C=C\CCCCC(=O)OC(COC(=O)CCCCCCCCCCCCCCCCC)COP(=O)(O)OCC(O)CO. The average molecular weight is 771 g/mol. The molecule has 0 aromatic rings. The number of hydrogen-bond acceptors (Lipinski definition) is 9. The van der Waals surface area contributed by atoms with Crippen LogP contribution in [0.15, 0.2) is 48.6 Å². The number of rotatable bonds is 38. The Balaban J connectivity index is 4.39. The lowest BCUT2D eigenvalue weighted by Gasteiger charge is -2.20. The molecular weight excluding hydrogens is 695 g/mol. The maximum atomic E-state index is 12.6. The van der Waals surface area contributed by atoms with Crippen molar-refractivity contribution in [2.45, 2.75) is 180 Å². The Kier molecular flexibility index (Phi) is 36.7. The number of aliphatic hydroxyl groups is 2. The monoisotopic (exact) mass is 771 g/mol. The molecule has 0 saturated carbocycles. The third-order valence-electron chi connectivity index (χ3n) is 8.50. The van der Waals surface area contributed by atoms with Crippen molar-refractivity contribution in [3.63, 3.8) is 0 Å². The summed E-state index contributed by atoms with van der Waals surface area (Å²) >= 11 is 0. The summed E-state index contributed by atoms with van der Waals surface area (Å²) in [6.45, 7) is 2.21. The van der Waals surface area contributed by atoms with Gasteiger partial charge in [-0.1, -0.05) is 152 Å². The van der Waals surface area contributed by atoms with E-state index in [1.54, 1.807) is 0 Å². The molecule has 0 saturated heterocycles. The van der Waals surface area contributed by atoms with Gasteiger partial charge in [-0.2, -0.15) is 0 Å². The lowest BCUT2D eigenvalue weighted by molar-refractivity contribution is -0.161. The van der Waals surface area contributed by atoms with Crippen LogP contribution in [-0.2, 0) is 32.7 Å². The number of carbonyl (C=O) groups excluding carboxylic acids is 2. The molecule has 0 spiro atoms. The zero-order chi connectivity index (χ0) is 39.1. The van der Waals surface area contributed by atoms with Gasteiger partial charge in [-0.25, -0.2) is 4.57 Å². The zero-order valence-corrected chi connectivity index (χ0v) is 34.1. The van der Waals surface area contributed by atoms with Crippen molar-refractivity contribution < 1.29 is 47.8 Å². The van der Waals surface area contributed by atoms with Crippen molar-refractivity contribution in [1.29, 1.82) is 0 Å². The summed E-state index contributed by atoms with van der Waals surface area (Å²) in [6.07, 6.45) is 39.4. The quantitative estimate of drug-likeness (QED) is 0.0240. The van der Waals surface area contributed by atoms with E-state index in [-0.39, 0.29) is 19.4 Å². The van der Waals surface area contributed by atoms with Gasteiger partial charge in [0, 0.05) is 12.8 Å². The van der Waals surface area contributed by atoms with Crippen LogP contribution in [0.2, 0.25) is 0 Å². The zero-order valence-electron chi connectivity index (χ0n) is 33.2. The topological polar surface area (TPSA) is 149 Å². The smallest absolute Gasteiger partial charge is 0.462 e. The first-order valence-electron chi connectivity index (χ1n) is 20.6. The molecule has 11 heteroatoms. The van der Waals surface area contributed by atoms with Crippen LogP contribution in [0.5, 0.6) is 0 Å². The second-order valence-corrected chi connectivity index (χ2v) is 15.1. The van der Waals surface area contributed by atoms with Crippen LogP contribution in [0.1, 0.15) is 168 Å². The van der Waals surface area contributed by atoms with E-state index in [1.807, 2.05) is 0 Å². The molecule has 0 fully saturated rings. The van der Waals surface area contributed by atoms with E-state index in [0.29, 0.717) is 12.8 Å². The minimum atomic E-state index is -4.63. The van der Waals surface area contributed by atoms with Gasteiger partial charge >= 0.3 is 19.8 Å². The van der Waals surface area contributed by atoms with E-state index >= 15 is 0 Å². The van der Waals surface area contributed by atoms with Gasteiger partial charge in [0.15, 0.2) is 6.10 Å². The van der Waals surface area contributed by atoms with Crippen LogP contribution in [0.4, 0.5) is 0 Å². The van der Waals surface area contributed by atoms with E-state index in [4.69, 9.17) is 19.1 Å². The van der Waals surface area contributed by atoms with Crippen LogP contribution in [0.3, 0.4) is 0 Å². The number of unbranched alkanes of at least 4 members (excludes halogenated alkanes) is 16. The number of phosphoric ester groups is 1. The standard InChI is InChI=1S/C42H75O10P/c1-3-5-7-9-11-13-15-17-19-21-23-25-27-29-31-33-41(45)49-37-40(38-51-53(47,48)50-36-39(44)35-43)52-42(46)34-32-30-28-26-24-22-20-18-16-14-12-10-8-6-4-2/h6,8,12,14,18,20,24,26,39-40,43-44H,3-5,7,9-11,13,15-17,19,21-23,25,27-38H2,1-2H3,(H,47,48)/b8-6-,14-12-,20-18-,26-24-. The first-order valence-corrected chi connectivity index (χ1v) is 22.1. The highest BCUT2D eigenvalue weighted by Gasteiger charge is 2.27. The Bertz CT molecular complexity index is 1030. The van der Waals surface area contributed by atoms with Crippen LogP contribution in [0.25, 0.3) is 0 Å². The minimum Gasteiger partial charge on any atom is -0.462 e. The van der Waals surface area contributed by atoms with Crippen LogP contribution in [-0.4, -0.2) is 65.7 Å². The number of carbonyl (C=O) groups is 2. The van der Waals surface area contributed by atoms with Crippen molar-refractivity contribution >= 4 is 19.8 Å². The second-order valence-electron chi connectivity index (χ2n) is 13.6.